The normalized spacial score (nSPS) is 12.3. The van der Waals surface area contributed by atoms with E-state index in [1.807, 2.05) is 113 Å². The van der Waals surface area contributed by atoms with Gasteiger partial charge in [-0.05, 0) is 247 Å². The molecule has 0 bridgehead atoms. The van der Waals surface area contributed by atoms with E-state index in [4.69, 9.17) is 4.42 Å². The smallest absolute Gasteiger partial charge is 0.273 e. The first kappa shape index (κ1) is 149. The lowest BCUT2D eigenvalue weighted by molar-refractivity contribution is -0.123. The van der Waals surface area contributed by atoms with E-state index in [2.05, 4.69) is 393 Å². The highest BCUT2D eigenvalue weighted by molar-refractivity contribution is 7.10. The summed E-state index contributed by atoms with van der Waals surface area (Å²) in [6.07, 6.45) is 33.5. The molecule has 2 aromatic heterocycles. The van der Waals surface area contributed by atoms with Crippen molar-refractivity contribution in [1.29, 1.82) is 0 Å². The lowest BCUT2D eigenvalue weighted by atomic mass is 9.96. The minimum atomic E-state index is -0.181. The predicted molar refractivity (Wildman–Crippen MR) is 631 cm³/mol. The van der Waals surface area contributed by atoms with Gasteiger partial charge in [-0.1, -0.05) is 315 Å². The molecule has 9 amide bonds. The van der Waals surface area contributed by atoms with Gasteiger partial charge in [0.1, 0.15) is 12.0 Å². The van der Waals surface area contributed by atoms with Gasteiger partial charge in [0.05, 0.1) is 5.01 Å². The first-order valence-electron chi connectivity index (χ1n) is 54.5. The molecule has 0 saturated heterocycles. The summed E-state index contributed by atoms with van der Waals surface area (Å²) in [5.41, 5.74) is 3.50. The van der Waals surface area contributed by atoms with Gasteiger partial charge in [-0.25, -0.2) is 9.97 Å². The summed E-state index contributed by atoms with van der Waals surface area (Å²) >= 11 is 1.55. The Morgan fingerprint density at radius 1 is 0.333 bits per heavy atom. The van der Waals surface area contributed by atoms with E-state index in [1.165, 1.54) is 11.8 Å². The number of allylic oxidation sites excluding steroid dienone is 8. The molecule has 0 radical (unpaired) electrons. The van der Waals surface area contributed by atoms with Crippen LogP contribution in [0.4, 0.5) is 0 Å². The lowest BCUT2D eigenvalue weighted by Gasteiger charge is -2.20. The van der Waals surface area contributed by atoms with Crippen molar-refractivity contribution in [2.24, 2.45) is 66.5 Å². The first-order valence-corrected chi connectivity index (χ1v) is 55.4. The molecule has 0 saturated carbocycles. The van der Waals surface area contributed by atoms with Crippen molar-refractivity contribution in [3.63, 3.8) is 0 Å². The van der Waals surface area contributed by atoms with Crippen LogP contribution in [0.2, 0.25) is 0 Å². The number of hydrogen-bond donors (Lipinski definition) is 9. The van der Waals surface area contributed by atoms with E-state index in [-0.39, 0.29) is 129 Å². The lowest BCUT2D eigenvalue weighted by Crippen LogP contribution is -2.40. The molecular formula is C125H225N11O10S. The van der Waals surface area contributed by atoms with Gasteiger partial charge < -0.3 is 52.3 Å². The maximum Gasteiger partial charge on any atom is 0.273 e. The summed E-state index contributed by atoms with van der Waals surface area (Å²) in [4.78, 5) is 113. The van der Waals surface area contributed by atoms with Crippen molar-refractivity contribution in [1.82, 2.24) is 57.8 Å². The predicted octanol–water partition coefficient (Wildman–Crippen LogP) is 30.1. The third-order valence-electron chi connectivity index (χ3n) is 18.5. The Morgan fingerprint density at radius 2 is 0.612 bits per heavy atom. The van der Waals surface area contributed by atoms with Crippen LogP contribution in [0.15, 0.2) is 88.9 Å². The summed E-state index contributed by atoms with van der Waals surface area (Å²) in [7, 11) is 0. The van der Waals surface area contributed by atoms with Gasteiger partial charge in [0.2, 0.25) is 35.4 Å². The highest BCUT2D eigenvalue weighted by Gasteiger charge is 2.26. The van der Waals surface area contributed by atoms with E-state index in [0.29, 0.717) is 99.1 Å². The topological polar surface area (TPSA) is 301 Å². The molecule has 3 aromatic rings. The maximum atomic E-state index is 11.9. The SMILES string of the molecule is CC(C)(C)/C=C\CCCC(=O)NC(C)(C)C.CC(C)(C)C#CCCCC(=O)NC(C)(C)C.CC(C)(C)C#CCCCC(=O)NCC(C)(C)C.CC(C)(C)CNC(=O)c1coc(C(C)(C)C)n1.CC(C)(C)CNC(=O)c1csc(C(C)(C)C)n1.CC(C)/C=C/CCCC(=O)NC(C)(C)C.CC(C)/C=C/CCCC(=O)NCC(C)(C)C.CC(C)/C=C\CCCC(=O)NCC(C)(C)C.CC(C)c1ccc(C(=O)NCC(C)(C)C)cc1. The van der Waals surface area contributed by atoms with Crippen LogP contribution in [0, 0.1) is 90.2 Å². The Morgan fingerprint density at radius 3 is 0.871 bits per heavy atom. The molecule has 846 valence electrons. The summed E-state index contributed by atoms with van der Waals surface area (Å²) < 4.78 is 5.31. The molecule has 22 heteroatoms. The molecular weight excluding hydrogens is 1850 g/mol. The Labute approximate surface area is 906 Å². The zero-order valence-electron chi connectivity index (χ0n) is 104. The van der Waals surface area contributed by atoms with Crippen LogP contribution >= 0.6 is 11.3 Å². The number of amides is 9. The second-order valence-corrected chi connectivity index (χ2v) is 56.5. The zero-order valence-corrected chi connectivity index (χ0v) is 105. The maximum absolute atomic E-state index is 11.9. The third kappa shape index (κ3) is 113. The molecule has 0 aliphatic rings. The highest BCUT2D eigenvalue weighted by Crippen LogP contribution is 2.28. The standard InChI is InChI=1S/C15H23NO.C15H27NO.C14H27NO.C14H25NO.2C14H27NO.C13H22N2O2.C13H22N2OS.C13H25NO/c1-11(2)12-6-8-13(9-7-12)14(17)16-10-15(3,4)5;1-14(2,3)11-9-7-8-10-13(17)16-12-15(4,5)6;2*1-13(2,3)11-9-7-8-10-12(16)15-14(4,5)6;2*1-12(2)9-7-6-8-10-13(16)15-11-14(3,4)5;2*1-12(2,3)8-14-10(16)9-7-17-11(15-9)13(4,5)6;1-11(2)9-7-6-8-10-12(15)14-13(3,4)5/h6-9,11H,10H2,1-5H3,(H,16,17);7-8,10,12H2,1-6H3,(H,16,17);9,11H,7-8,10H2,1-6H3,(H,15,16);7-8,10H2,1-6H3,(H,15,16);2*7,9,12H,6,8,10-11H2,1-5H3,(H,15,16);2*7H,8H2,1-6H3,(H,14,16);7,9,11H,6,8,10H2,1-5H3,(H,14,15)/b;;11-9-;;9-7+;9-7-;;;9-7+. The van der Waals surface area contributed by atoms with Gasteiger partial charge in [0.25, 0.3) is 17.7 Å². The van der Waals surface area contributed by atoms with E-state index in [9.17, 15) is 43.2 Å². The van der Waals surface area contributed by atoms with Gasteiger partial charge >= 0.3 is 0 Å². The third-order valence-corrected chi connectivity index (χ3v) is 19.8. The Kier molecular flexibility index (Phi) is 73.8. The van der Waals surface area contributed by atoms with E-state index in [1.54, 1.807) is 11.3 Å². The number of benzene rings is 1. The molecule has 2 heterocycles. The van der Waals surface area contributed by atoms with E-state index < -0.39 is 0 Å². The van der Waals surface area contributed by atoms with Crippen LogP contribution in [0.3, 0.4) is 0 Å². The Hall–Kier alpha value is -8.63. The van der Waals surface area contributed by atoms with Gasteiger partial charge in [0, 0.05) is 140 Å². The van der Waals surface area contributed by atoms with Crippen molar-refractivity contribution in [3.05, 3.63) is 118 Å². The fourth-order valence-corrected chi connectivity index (χ4v) is 11.9. The van der Waals surface area contributed by atoms with Gasteiger partial charge in [-0.15, -0.1) is 23.2 Å². The molecule has 0 aliphatic heterocycles. The van der Waals surface area contributed by atoms with Crippen LogP contribution in [0.1, 0.15) is 515 Å². The molecule has 21 nitrogen and oxygen atoms in total. The molecule has 0 aliphatic carbocycles. The summed E-state index contributed by atoms with van der Waals surface area (Å²) in [5.74, 6) is 16.1. The quantitative estimate of drug-likeness (QED) is 0.0151. The number of carbonyl (C=O) groups excluding carboxylic acids is 9. The van der Waals surface area contributed by atoms with Crippen molar-refractivity contribution in [3.8, 4) is 23.7 Å². The minimum Gasteiger partial charge on any atom is -0.448 e. The summed E-state index contributed by atoms with van der Waals surface area (Å²) in [6, 6.07) is 7.84. The summed E-state index contributed by atoms with van der Waals surface area (Å²) in [5, 5.41) is 29.2. The number of aromatic nitrogens is 2. The van der Waals surface area contributed by atoms with Crippen LogP contribution < -0.4 is 47.9 Å². The number of thiazole rings is 1. The fraction of sp³-hybridized carbons (Fsp3) is 0.736. The number of oxazole rings is 1. The van der Waals surface area contributed by atoms with Crippen molar-refractivity contribution >= 4 is 64.5 Å². The Balaban J connectivity index is -0.000000381. The minimum absolute atomic E-state index is 0.00717. The average Bonchev–Trinajstić information content (AvgIpc) is 1.71. The first-order chi connectivity index (χ1) is 66.2. The van der Waals surface area contributed by atoms with Gasteiger partial charge in [-0.3, -0.25) is 43.2 Å². The number of unbranched alkanes of at least 4 members (excludes halogenated alkanes) is 6. The second-order valence-electron chi connectivity index (χ2n) is 55.7. The largest absolute Gasteiger partial charge is 0.448 e. The number of nitrogens with one attached hydrogen (secondary N) is 9. The Bertz CT molecular complexity index is 4280. The molecule has 3 rings (SSSR count). The number of carbonyl (C=O) groups is 9. The van der Waals surface area contributed by atoms with E-state index in [0.717, 1.165) is 107 Å². The molecule has 9 N–H and O–H groups in total. The van der Waals surface area contributed by atoms with Crippen LogP contribution in [-0.4, -0.2) is 119 Å². The van der Waals surface area contributed by atoms with Crippen molar-refractivity contribution in [2.45, 2.75) is 495 Å². The number of nitrogens with zero attached hydrogens (tertiary/aromatic N) is 2. The monoisotopic (exact) mass is 2070 g/mol. The number of hydrogen-bond acceptors (Lipinski definition) is 13. The molecule has 0 fully saturated rings. The molecule has 147 heavy (non-hydrogen) atoms. The molecule has 0 atom stereocenters. The molecule has 0 unspecified atom stereocenters. The fourth-order valence-electron chi connectivity index (χ4n) is 11.0. The van der Waals surface area contributed by atoms with Crippen molar-refractivity contribution < 1.29 is 47.6 Å². The summed E-state index contributed by atoms with van der Waals surface area (Å²) in [6.45, 7) is 109. The van der Waals surface area contributed by atoms with Crippen LogP contribution in [0.25, 0.3) is 0 Å². The van der Waals surface area contributed by atoms with Gasteiger partial charge in [-0.2, -0.15) is 0 Å². The molecule has 1 aromatic carbocycles. The average molecular weight is 2070 g/mol. The van der Waals surface area contributed by atoms with Crippen molar-refractivity contribution in [2.75, 3.05) is 39.3 Å². The second kappa shape index (κ2) is 72.8. The van der Waals surface area contributed by atoms with Crippen LogP contribution in [0.5, 0.6) is 0 Å². The molecule has 0 spiro atoms. The number of rotatable bonds is 35. The zero-order chi connectivity index (χ0) is 116. The highest BCUT2D eigenvalue weighted by atomic mass is 32.1. The van der Waals surface area contributed by atoms with Crippen LogP contribution in [-0.2, 0) is 39.6 Å². The van der Waals surface area contributed by atoms with E-state index >= 15 is 0 Å². The van der Waals surface area contributed by atoms with Gasteiger partial charge in [0.15, 0.2) is 11.6 Å².